The molecule has 128 valence electrons. The Morgan fingerprint density at radius 3 is 3.00 bits per heavy atom. The third kappa shape index (κ3) is 3.04. The molecule has 3 aromatic rings. The summed E-state index contributed by atoms with van der Waals surface area (Å²) in [6.07, 6.45) is 4.47. The number of nitrogens with zero attached hydrogens (tertiary/aromatic N) is 3. The van der Waals surface area contributed by atoms with Crippen molar-refractivity contribution in [2.75, 3.05) is 0 Å². The molecule has 1 aliphatic carbocycles. The fourth-order valence-electron chi connectivity index (χ4n) is 3.37. The van der Waals surface area contributed by atoms with E-state index in [1.807, 2.05) is 6.07 Å². The fourth-order valence-corrected chi connectivity index (χ4v) is 3.60. The normalized spacial score (nSPS) is 16.8. The van der Waals surface area contributed by atoms with Crippen molar-refractivity contribution in [1.82, 2.24) is 14.5 Å². The Balaban J connectivity index is 1.78. The van der Waals surface area contributed by atoms with E-state index in [9.17, 15) is 9.18 Å². The van der Waals surface area contributed by atoms with Crippen LogP contribution in [0.3, 0.4) is 0 Å². The van der Waals surface area contributed by atoms with E-state index in [1.54, 1.807) is 6.07 Å². The van der Waals surface area contributed by atoms with Crippen molar-refractivity contribution in [1.29, 1.82) is 0 Å². The van der Waals surface area contributed by atoms with Crippen LogP contribution in [-0.2, 0) is 19.4 Å². The maximum atomic E-state index is 13.2. The van der Waals surface area contributed by atoms with Crippen molar-refractivity contribution in [2.45, 2.75) is 32.7 Å². The molecule has 2 aromatic heterocycles. The number of rotatable bonds is 2. The predicted molar refractivity (Wildman–Crippen MR) is 95.5 cm³/mol. The third-order valence-electron chi connectivity index (χ3n) is 4.78. The van der Waals surface area contributed by atoms with Crippen LogP contribution in [0, 0.1) is 11.7 Å². The zero-order valence-electron chi connectivity index (χ0n) is 13.8. The molecule has 0 amide bonds. The summed E-state index contributed by atoms with van der Waals surface area (Å²) in [6.45, 7) is 2.46. The van der Waals surface area contributed by atoms with Crippen molar-refractivity contribution in [3.63, 3.8) is 0 Å². The van der Waals surface area contributed by atoms with Gasteiger partial charge in [0.1, 0.15) is 12.1 Å². The Kier molecular flexibility index (Phi) is 4.04. The summed E-state index contributed by atoms with van der Waals surface area (Å²) in [5.41, 5.74) is 3.20. The molecule has 2 heterocycles. The number of fused-ring (bicyclic) bond motifs is 2. The van der Waals surface area contributed by atoms with Crippen LogP contribution in [0.5, 0.6) is 0 Å². The van der Waals surface area contributed by atoms with Gasteiger partial charge in [-0.15, -0.1) is 0 Å². The van der Waals surface area contributed by atoms with Gasteiger partial charge >= 0.3 is 0 Å². The molecule has 0 fully saturated rings. The molecule has 4 nitrogen and oxygen atoms in total. The molecule has 4 rings (SSSR count). The van der Waals surface area contributed by atoms with E-state index in [0.717, 1.165) is 30.5 Å². The molecule has 0 bridgehead atoms. The summed E-state index contributed by atoms with van der Waals surface area (Å²) in [5, 5.41) is 0.818. The van der Waals surface area contributed by atoms with Gasteiger partial charge in [0.15, 0.2) is 5.65 Å². The van der Waals surface area contributed by atoms with Gasteiger partial charge in [0.05, 0.1) is 11.9 Å². The van der Waals surface area contributed by atoms with Crippen LogP contribution in [0.4, 0.5) is 4.39 Å². The Bertz CT molecular complexity index is 1030. The molecule has 0 unspecified atom stereocenters. The Morgan fingerprint density at radius 1 is 1.36 bits per heavy atom. The molecule has 6 heteroatoms. The number of halogens is 2. The molecular formula is C19H17ClFN3O. The predicted octanol–water partition coefficient (Wildman–Crippen LogP) is 3.76. The molecule has 1 atom stereocenters. The zero-order chi connectivity index (χ0) is 17.6. The highest BCUT2D eigenvalue weighted by molar-refractivity contribution is 6.31. The summed E-state index contributed by atoms with van der Waals surface area (Å²) in [7, 11) is 0. The minimum absolute atomic E-state index is 0.154. The average Bonchev–Trinajstić information content (AvgIpc) is 2.58. The van der Waals surface area contributed by atoms with Crippen LogP contribution in [0.2, 0.25) is 5.02 Å². The smallest absolute Gasteiger partial charge is 0.263 e. The SMILES string of the molecule is C[C@H]1CCc2nc3ncn(Cc4ccc(F)cc4Cl)c(=O)c3cc2C1. The van der Waals surface area contributed by atoms with Crippen molar-refractivity contribution >= 4 is 22.6 Å². The van der Waals surface area contributed by atoms with E-state index in [-0.39, 0.29) is 12.1 Å². The first-order valence-electron chi connectivity index (χ1n) is 8.33. The second-order valence-electron chi connectivity index (χ2n) is 6.73. The Labute approximate surface area is 149 Å². The lowest BCUT2D eigenvalue weighted by molar-refractivity contribution is 0.495. The molecular weight excluding hydrogens is 341 g/mol. The molecule has 0 aliphatic heterocycles. The van der Waals surface area contributed by atoms with E-state index < -0.39 is 5.82 Å². The van der Waals surface area contributed by atoms with Gasteiger partial charge in [0, 0.05) is 10.7 Å². The first kappa shape index (κ1) is 16.2. The highest BCUT2D eigenvalue weighted by Crippen LogP contribution is 2.25. The quantitative estimate of drug-likeness (QED) is 0.701. The van der Waals surface area contributed by atoms with Crippen LogP contribution in [0.25, 0.3) is 11.0 Å². The lowest BCUT2D eigenvalue weighted by Gasteiger charge is -2.20. The standard InChI is InChI=1S/C19H17ClFN3O/c1-11-2-5-17-13(6-11)7-15-18(23-17)22-10-24(19(15)25)9-12-3-4-14(21)8-16(12)20/h3-4,7-8,10-11H,2,5-6,9H2,1H3/t11-/m0/s1. The van der Waals surface area contributed by atoms with Crippen LogP contribution < -0.4 is 5.56 Å². The van der Waals surface area contributed by atoms with Crippen molar-refractivity contribution in [3.8, 4) is 0 Å². The van der Waals surface area contributed by atoms with Crippen molar-refractivity contribution < 1.29 is 4.39 Å². The lowest BCUT2D eigenvalue weighted by Crippen LogP contribution is -2.23. The average molecular weight is 358 g/mol. The van der Waals surface area contributed by atoms with Crippen LogP contribution >= 0.6 is 11.6 Å². The summed E-state index contributed by atoms with van der Waals surface area (Å²) in [5.74, 6) is 0.200. The van der Waals surface area contributed by atoms with Gasteiger partial charge in [-0.1, -0.05) is 24.6 Å². The monoisotopic (exact) mass is 357 g/mol. The first-order chi connectivity index (χ1) is 12.0. The molecule has 1 aromatic carbocycles. The summed E-state index contributed by atoms with van der Waals surface area (Å²) in [4.78, 5) is 21.8. The van der Waals surface area contributed by atoms with Gasteiger partial charge in [-0.25, -0.2) is 14.4 Å². The van der Waals surface area contributed by atoms with E-state index in [2.05, 4.69) is 16.9 Å². The highest BCUT2D eigenvalue weighted by Gasteiger charge is 2.19. The maximum absolute atomic E-state index is 13.2. The fraction of sp³-hybridized carbons (Fsp3) is 0.316. The molecule has 0 saturated carbocycles. The van der Waals surface area contributed by atoms with Gasteiger partial charge in [-0.05, 0) is 54.5 Å². The number of hydrogen-bond acceptors (Lipinski definition) is 3. The largest absolute Gasteiger partial charge is 0.294 e. The Morgan fingerprint density at radius 2 is 2.20 bits per heavy atom. The molecule has 0 radical (unpaired) electrons. The second-order valence-corrected chi connectivity index (χ2v) is 7.13. The van der Waals surface area contributed by atoms with Gasteiger partial charge in [-0.2, -0.15) is 0 Å². The van der Waals surface area contributed by atoms with Crippen molar-refractivity contribution in [2.24, 2.45) is 5.92 Å². The van der Waals surface area contributed by atoms with E-state index >= 15 is 0 Å². The van der Waals surface area contributed by atoms with Crippen molar-refractivity contribution in [3.05, 3.63) is 68.6 Å². The molecule has 0 saturated heterocycles. The van der Waals surface area contributed by atoms with Gasteiger partial charge in [-0.3, -0.25) is 9.36 Å². The summed E-state index contributed by atoms with van der Waals surface area (Å²) < 4.78 is 14.7. The topological polar surface area (TPSA) is 47.8 Å². The van der Waals surface area contributed by atoms with Gasteiger partial charge < -0.3 is 0 Å². The van der Waals surface area contributed by atoms with Crippen LogP contribution in [0.15, 0.2) is 35.4 Å². The number of aromatic nitrogens is 3. The number of aryl methyl sites for hydroxylation is 1. The molecule has 1 aliphatic rings. The minimum Gasteiger partial charge on any atom is -0.294 e. The lowest BCUT2D eigenvalue weighted by atomic mass is 9.87. The number of pyridine rings is 1. The summed E-state index contributed by atoms with van der Waals surface area (Å²) >= 11 is 6.07. The summed E-state index contributed by atoms with van der Waals surface area (Å²) in [6, 6.07) is 6.10. The van der Waals surface area contributed by atoms with E-state index in [0.29, 0.717) is 27.5 Å². The maximum Gasteiger partial charge on any atom is 0.263 e. The van der Waals surface area contributed by atoms with Gasteiger partial charge in [0.25, 0.3) is 5.56 Å². The number of benzene rings is 1. The molecule has 25 heavy (non-hydrogen) atoms. The van der Waals surface area contributed by atoms with Gasteiger partial charge in [0.2, 0.25) is 0 Å². The van der Waals surface area contributed by atoms with E-state index in [4.69, 9.17) is 11.6 Å². The Hall–Kier alpha value is -2.27. The minimum atomic E-state index is -0.400. The van der Waals surface area contributed by atoms with E-state index in [1.165, 1.54) is 23.0 Å². The van der Waals surface area contributed by atoms with Crippen LogP contribution in [-0.4, -0.2) is 14.5 Å². The molecule has 0 N–H and O–H groups in total. The van der Waals surface area contributed by atoms with Crippen LogP contribution in [0.1, 0.15) is 30.2 Å². The second kappa shape index (κ2) is 6.23. The molecule has 0 spiro atoms. The first-order valence-corrected chi connectivity index (χ1v) is 8.71. The number of hydrogen-bond donors (Lipinski definition) is 0. The third-order valence-corrected chi connectivity index (χ3v) is 5.13. The highest BCUT2D eigenvalue weighted by atomic mass is 35.5. The zero-order valence-corrected chi connectivity index (χ0v) is 14.6.